The van der Waals surface area contributed by atoms with Gasteiger partial charge in [-0.15, -0.1) is 47.0 Å². The molecule has 0 bridgehead atoms. The summed E-state index contributed by atoms with van der Waals surface area (Å²) >= 11 is 13.3. The van der Waals surface area contributed by atoms with Crippen molar-refractivity contribution in [1.82, 2.24) is 0 Å². The maximum atomic E-state index is 11.8. The van der Waals surface area contributed by atoms with Crippen LogP contribution in [-0.4, -0.2) is 31.7 Å². The van der Waals surface area contributed by atoms with Gasteiger partial charge in [-0.05, 0) is 21.6 Å². The first-order valence-electron chi connectivity index (χ1n) is 4.62. The summed E-state index contributed by atoms with van der Waals surface area (Å²) in [5.41, 5.74) is 0. The van der Waals surface area contributed by atoms with E-state index in [9.17, 15) is 4.79 Å². The van der Waals surface area contributed by atoms with E-state index in [1.165, 1.54) is 10.8 Å². The molecule has 0 amide bonds. The summed E-state index contributed by atoms with van der Waals surface area (Å²) in [4.78, 5) is 11.8. The summed E-state index contributed by atoms with van der Waals surface area (Å²) < 4.78 is 2.31. The number of thioether (sulfide) groups is 4. The first kappa shape index (κ1) is 13.2. The summed E-state index contributed by atoms with van der Waals surface area (Å²) in [6.45, 7) is 0. The highest BCUT2D eigenvalue weighted by Gasteiger charge is 2.61. The number of hydrogen-bond donors (Lipinski definition) is 0. The molecule has 0 aromatic rings. The van der Waals surface area contributed by atoms with E-state index >= 15 is 0 Å². The lowest BCUT2D eigenvalue weighted by Gasteiger charge is -2.21. The molecule has 1 spiro atoms. The van der Waals surface area contributed by atoms with Crippen molar-refractivity contribution in [3.05, 3.63) is 0 Å². The van der Waals surface area contributed by atoms with Crippen LogP contribution >= 0.6 is 102 Å². The smallest absolute Gasteiger partial charge is 0.214 e. The van der Waals surface area contributed by atoms with Gasteiger partial charge >= 0.3 is 0 Å². The lowest BCUT2D eigenvalue weighted by Crippen LogP contribution is -2.13. The molecule has 1 nitrogen and oxygen atoms in total. The van der Waals surface area contributed by atoms with Crippen LogP contribution in [0.25, 0.3) is 0 Å². The second-order valence-corrected chi connectivity index (χ2v) is 16.5. The number of carbonyl (C=O) groups is 1. The fraction of sp³-hybridized carbons (Fsp3) is 0.714. The molecule has 4 rings (SSSR count). The van der Waals surface area contributed by atoms with Gasteiger partial charge in [0.05, 0.1) is 23.9 Å². The Hall–Kier alpha value is 2.56. The molecule has 0 aromatic heterocycles. The van der Waals surface area contributed by atoms with Crippen LogP contribution < -0.4 is 0 Å². The molecule has 4 aliphatic heterocycles. The molecule has 92 valence electrons. The molecule has 5 atom stereocenters. The molecule has 4 saturated heterocycles. The largest absolute Gasteiger partial charge is 0.285 e. The monoisotopic (exact) mass is 392 g/mol. The van der Waals surface area contributed by atoms with Crippen molar-refractivity contribution in [1.29, 1.82) is 0 Å². The van der Waals surface area contributed by atoms with Gasteiger partial charge < -0.3 is 0 Å². The van der Waals surface area contributed by atoms with Gasteiger partial charge in [-0.3, -0.25) is 4.79 Å². The summed E-state index contributed by atoms with van der Waals surface area (Å²) in [5, 5.41) is 1.05. The van der Waals surface area contributed by atoms with Crippen molar-refractivity contribution in [2.24, 2.45) is 0 Å². The van der Waals surface area contributed by atoms with Crippen molar-refractivity contribution in [2.75, 3.05) is 0 Å². The van der Waals surface area contributed by atoms with E-state index in [4.69, 9.17) is 12.2 Å². The molecule has 0 aliphatic carbocycles. The lowest BCUT2D eigenvalue weighted by atomic mass is 10.5. The molecule has 17 heavy (non-hydrogen) atoms. The average Bonchev–Trinajstić information content (AvgIpc) is 2.98. The topological polar surface area (TPSA) is 17.1 Å². The Morgan fingerprint density at radius 1 is 0.941 bits per heavy atom. The molecule has 0 aromatic carbocycles. The number of carbonyl (C=O) groups excluding carboxylic acids is 1. The highest BCUT2D eigenvalue weighted by Crippen LogP contribution is 2.78. The lowest BCUT2D eigenvalue weighted by molar-refractivity contribution is -0.110. The van der Waals surface area contributed by atoms with Gasteiger partial charge in [0.2, 0.25) is 5.12 Å². The van der Waals surface area contributed by atoms with E-state index in [0.717, 1.165) is 4.20 Å². The Labute approximate surface area is 137 Å². The third-order valence-electron chi connectivity index (χ3n) is 2.47. The first-order chi connectivity index (χ1) is 8.17. The van der Waals surface area contributed by atoms with Crippen LogP contribution in [0.3, 0.4) is 0 Å². The summed E-state index contributed by atoms with van der Waals surface area (Å²) in [5.74, 6) is 0. The van der Waals surface area contributed by atoms with Crippen molar-refractivity contribution in [2.45, 2.75) is 22.4 Å². The third-order valence-corrected chi connectivity index (χ3v) is 18.3. The average molecular weight is 393 g/mol. The minimum atomic E-state index is 0.131. The van der Waals surface area contributed by atoms with E-state index < -0.39 is 0 Å². The molecule has 0 saturated carbocycles. The minimum absolute atomic E-state index is 0.131. The van der Waals surface area contributed by atoms with Crippen LogP contribution in [0.15, 0.2) is 0 Å². The van der Waals surface area contributed by atoms with Crippen LogP contribution in [-0.2, 0) is 4.79 Å². The molecular formula is C7H4OS9. The van der Waals surface area contributed by atoms with E-state index in [0.29, 0.717) is 19.5 Å². The molecular weight excluding hydrogens is 389 g/mol. The predicted octanol–water partition coefficient (Wildman–Crippen LogP) is 4.59. The predicted molar refractivity (Wildman–Crippen MR) is 96.2 cm³/mol. The van der Waals surface area contributed by atoms with E-state index in [1.54, 1.807) is 21.6 Å². The number of thiocarbonyl (C=S) groups is 1. The molecule has 0 N–H and O–H groups in total. The fourth-order valence-corrected chi connectivity index (χ4v) is 20.2. The Bertz CT molecular complexity index is 372. The normalized spacial score (nSPS) is 52.5. The number of rotatable bonds is 0. The van der Waals surface area contributed by atoms with Gasteiger partial charge in [0, 0.05) is 0 Å². The third kappa shape index (κ3) is 2.16. The van der Waals surface area contributed by atoms with Crippen LogP contribution in [0, 0.1) is 0 Å². The first-order valence-corrected chi connectivity index (χ1v) is 13.0. The molecule has 4 aliphatic rings. The van der Waals surface area contributed by atoms with Gasteiger partial charge in [0.1, 0.15) is 0 Å². The van der Waals surface area contributed by atoms with Crippen LogP contribution in [0.4, 0.5) is 0 Å². The van der Waals surface area contributed by atoms with Crippen molar-refractivity contribution >= 4 is 112 Å². The Morgan fingerprint density at radius 3 is 2.29 bits per heavy atom. The van der Waals surface area contributed by atoms with Crippen LogP contribution in [0.1, 0.15) is 0 Å². The molecule has 4 fully saturated rings. The summed E-state index contributed by atoms with van der Waals surface area (Å²) in [7, 11) is 6.85. The highest BCUT2D eigenvalue weighted by atomic mass is 33.1. The molecule has 5 unspecified atom stereocenters. The Kier molecular flexibility index (Phi) is 3.73. The number of fused-ring (bicyclic) bond motifs is 2. The molecule has 10 heteroatoms. The van der Waals surface area contributed by atoms with Crippen LogP contribution in [0.2, 0.25) is 0 Å². The summed E-state index contributed by atoms with van der Waals surface area (Å²) in [6, 6.07) is 0. The fourth-order valence-electron chi connectivity index (χ4n) is 1.74. The minimum Gasteiger partial charge on any atom is -0.285 e. The zero-order valence-corrected chi connectivity index (χ0v) is 15.2. The standard InChI is InChI=1S/C7H4OS9/c8-3-1-5(16-14-3)12-7(10-1)11-2-4(9)15-17-6(2)13-7/h1-2,5-6H. The van der Waals surface area contributed by atoms with Gasteiger partial charge in [-0.2, -0.15) is 0 Å². The van der Waals surface area contributed by atoms with Gasteiger partial charge in [-0.1, -0.05) is 33.8 Å². The van der Waals surface area contributed by atoms with Crippen molar-refractivity contribution in [3.63, 3.8) is 0 Å². The van der Waals surface area contributed by atoms with E-state index in [1.807, 2.05) is 57.8 Å². The Morgan fingerprint density at radius 2 is 1.59 bits per heavy atom. The Balaban J connectivity index is 1.57. The van der Waals surface area contributed by atoms with E-state index in [-0.39, 0.29) is 7.99 Å². The number of hydrogen-bond acceptors (Lipinski definition) is 10. The highest BCUT2D eigenvalue weighted by molar-refractivity contribution is 8.88. The molecule has 0 radical (unpaired) electrons. The van der Waals surface area contributed by atoms with Crippen LogP contribution in [0.5, 0.6) is 0 Å². The zero-order chi connectivity index (χ0) is 11.6. The second-order valence-electron chi connectivity index (χ2n) is 3.55. The van der Waals surface area contributed by atoms with Gasteiger partial charge in [0.15, 0.2) is 2.74 Å². The maximum absolute atomic E-state index is 11.8. The SMILES string of the molecule is O=C1SSC2SC3(SC4SSC(=S)C4S3)SC12. The summed E-state index contributed by atoms with van der Waals surface area (Å²) in [6.07, 6.45) is 0. The quantitative estimate of drug-likeness (QED) is 0.428. The second kappa shape index (κ2) is 4.79. The van der Waals surface area contributed by atoms with Gasteiger partial charge in [0.25, 0.3) is 0 Å². The van der Waals surface area contributed by atoms with Crippen molar-refractivity contribution in [3.8, 4) is 0 Å². The van der Waals surface area contributed by atoms with Gasteiger partial charge in [-0.25, -0.2) is 0 Å². The zero-order valence-electron chi connectivity index (χ0n) is 7.89. The molecule has 4 heterocycles. The van der Waals surface area contributed by atoms with E-state index in [2.05, 4.69) is 0 Å². The van der Waals surface area contributed by atoms with Crippen molar-refractivity contribution < 1.29 is 4.79 Å². The maximum Gasteiger partial charge on any atom is 0.214 e.